The smallest absolute Gasteiger partial charge is 0.314 e. The third-order valence-electron chi connectivity index (χ3n) is 4.27. The highest BCUT2D eigenvalue weighted by Gasteiger charge is 2.37. The molecule has 0 bridgehead atoms. The van der Waals surface area contributed by atoms with E-state index in [9.17, 15) is 9.90 Å². The summed E-state index contributed by atoms with van der Waals surface area (Å²) in [6.45, 7) is 10.6. The predicted octanol–water partition coefficient (Wildman–Crippen LogP) is 4.91. The van der Waals surface area contributed by atoms with Crippen molar-refractivity contribution in [2.45, 2.75) is 71.1 Å². The first-order valence-electron chi connectivity index (χ1n) is 7.62. The minimum absolute atomic E-state index is 0.0973. The van der Waals surface area contributed by atoms with Crippen LogP contribution in [0.3, 0.4) is 0 Å². The quantitative estimate of drug-likeness (QED) is 0.801. The van der Waals surface area contributed by atoms with Crippen LogP contribution in [-0.2, 0) is 15.6 Å². The standard InChI is InChI=1S/C18H28O2/c1-6-8-13-18(7-2,16(19)20)15-11-9-14(10-12-15)17(3,4)5/h9-12H,6-8,13H2,1-5H3,(H,19,20). The molecule has 0 saturated carbocycles. The molecule has 0 aliphatic heterocycles. The number of unbranched alkanes of at least 4 members (excludes halogenated alkanes) is 1. The Morgan fingerprint density at radius 3 is 1.90 bits per heavy atom. The topological polar surface area (TPSA) is 37.3 Å². The lowest BCUT2D eigenvalue weighted by Gasteiger charge is -2.29. The first-order chi connectivity index (χ1) is 9.28. The number of carboxylic acids is 1. The number of aliphatic carboxylic acids is 1. The minimum atomic E-state index is -0.730. The molecule has 0 radical (unpaired) electrons. The van der Waals surface area contributed by atoms with Crippen LogP contribution < -0.4 is 0 Å². The molecule has 0 amide bonds. The van der Waals surface area contributed by atoms with Crippen molar-refractivity contribution in [3.05, 3.63) is 35.4 Å². The van der Waals surface area contributed by atoms with Crippen LogP contribution in [0.1, 0.15) is 71.4 Å². The Bertz CT molecular complexity index is 439. The zero-order valence-electron chi connectivity index (χ0n) is 13.5. The molecule has 1 rings (SSSR count). The molecule has 0 aliphatic carbocycles. The summed E-state index contributed by atoms with van der Waals surface area (Å²) in [5, 5.41) is 9.73. The van der Waals surface area contributed by atoms with Gasteiger partial charge in [-0.05, 0) is 29.4 Å². The number of rotatable bonds is 6. The van der Waals surface area contributed by atoms with Crippen molar-refractivity contribution in [3.8, 4) is 0 Å². The lowest BCUT2D eigenvalue weighted by atomic mass is 9.73. The normalized spacial score (nSPS) is 14.8. The van der Waals surface area contributed by atoms with Gasteiger partial charge < -0.3 is 5.11 Å². The summed E-state index contributed by atoms with van der Waals surface area (Å²) in [6.07, 6.45) is 3.32. The molecule has 1 N–H and O–H groups in total. The van der Waals surface area contributed by atoms with E-state index in [-0.39, 0.29) is 5.41 Å². The second-order valence-electron chi connectivity index (χ2n) is 6.67. The molecule has 0 aromatic heterocycles. The fourth-order valence-corrected chi connectivity index (χ4v) is 2.67. The maximum Gasteiger partial charge on any atom is 0.314 e. The van der Waals surface area contributed by atoms with E-state index in [4.69, 9.17) is 0 Å². The summed E-state index contributed by atoms with van der Waals surface area (Å²) in [5.41, 5.74) is 1.55. The first-order valence-corrected chi connectivity index (χ1v) is 7.62. The van der Waals surface area contributed by atoms with Gasteiger partial charge in [0.2, 0.25) is 0 Å². The first kappa shape index (κ1) is 16.7. The zero-order chi connectivity index (χ0) is 15.4. The lowest BCUT2D eigenvalue weighted by Crippen LogP contribution is -2.35. The molecule has 2 heteroatoms. The van der Waals surface area contributed by atoms with Gasteiger partial charge in [-0.2, -0.15) is 0 Å². The van der Waals surface area contributed by atoms with E-state index in [1.54, 1.807) is 0 Å². The Balaban J connectivity index is 3.18. The Kier molecular flexibility index (Phi) is 5.38. The predicted molar refractivity (Wildman–Crippen MR) is 84.3 cm³/mol. The van der Waals surface area contributed by atoms with Crippen LogP contribution in [0.5, 0.6) is 0 Å². The number of hydrogen-bond donors (Lipinski definition) is 1. The van der Waals surface area contributed by atoms with E-state index >= 15 is 0 Å². The highest BCUT2D eigenvalue weighted by molar-refractivity contribution is 5.81. The van der Waals surface area contributed by atoms with Crippen LogP contribution in [0.4, 0.5) is 0 Å². The van der Waals surface area contributed by atoms with Gasteiger partial charge in [0.05, 0.1) is 5.41 Å². The highest BCUT2D eigenvalue weighted by Crippen LogP contribution is 2.35. The second-order valence-corrected chi connectivity index (χ2v) is 6.67. The summed E-state index contributed by atoms with van der Waals surface area (Å²) in [4.78, 5) is 11.8. The molecule has 0 aliphatic rings. The fourth-order valence-electron chi connectivity index (χ4n) is 2.67. The number of carbonyl (C=O) groups is 1. The van der Waals surface area contributed by atoms with Crippen molar-refractivity contribution >= 4 is 5.97 Å². The molecule has 112 valence electrons. The van der Waals surface area contributed by atoms with Crippen LogP contribution in [0.15, 0.2) is 24.3 Å². The largest absolute Gasteiger partial charge is 0.481 e. The Hall–Kier alpha value is -1.31. The molecule has 1 aromatic rings. The monoisotopic (exact) mass is 276 g/mol. The third kappa shape index (κ3) is 3.41. The lowest BCUT2D eigenvalue weighted by molar-refractivity contribution is -0.144. The SMILES string of the molecule is CCCCC(CC)(C(=O)O)c1ccc(C(C)(C)C)cc1. The molecule has 0 saturated heterocycles. The van der Waals surface area contributed by atoms with Crippen molar-refractivity contribution in [2.24, 2.45) is 0 Å². The van der Waals surface area contributed by atoms with Gasteiger partial charge in [0.15, 0.2) is 0 Å². The molecule has 1 aromatic carbocycles. The Morgan fingerprint density at radius 1 is 1.05 bits per heavy atom. The van der Waals surface area contributed by atoms with Gasteiger partial charge in [0, 0.05) is 0 Å². The third-order valence-corrected chi connectivity index (χ3v) is 4.27. The van der Waals surface area contributed by atoms with Crippen molar-refractivity contribution in [3.63, 3.8) is 0 Å². The van der Waals surface area contributed by atoms with Crippen molar-refractivity contribution in [1.29, 1.82) is 0 Å². The summed E-state index contributed by atoms with van der Waals surface area (Å²) in [6, 6.07) is 8.17. The van der Waals surface area contributed by atoms with E-state index < -0.39 is 11.4 Å². The van der Waals surface area contributed by atoms with Gasteiger partial charge in [-0.3, -0.25) is 4.79 Å². The second kappa shape index (κ2) is 6.43. The molecule has 20 heavy (non-hydrogen) atoms. The summed E-state index contributed by atoms with van der Waals surface area (Å²) in [7, 11) is 0. The molecule has 2 nitrogen and oxygen atoms in total. The van der Waals surface area contributed by atoms with Crippen LogP contribution in [0.25, 0.3) is 0 Å². The van der Waals surface area contributed by atoms with E-state index in [0.717, 1.165) is 18.4 Å². The molecule has 1 atom stereocenters. The van der Waals surface area contributed by atoms with Crippen LogP contribution >= 0.6 is 0 Å². The molecular weight excluding hydrogens is 248 g/mol. The van der Waals surface area contributed by atoms with Crippen molar-refractivity contribution in [2.75, 3.05) is 0 Å². The van der Waals surface area contributed by atoms with Gasteiger partial charge in [-0.1, -0.05) is 71.7 Å². The fraction of sp³-hybridized carbons (Fsp3) is 0.611. The summed E-state index contributed by atoms with van der Waals surface area (Å²) < 4.78 is 0. The van der Waals surface area contributed by atoms with Crippen molar-refractivity contribution in [1.82, 2.24) is 0 Å². The van der Waals surface area contributed by atoms with Crippen LogP contribution in [0, 0.1) is 0 Å². The van der Waals surface area contributed by atoms with Gasteiger partial charge in [-0.15, -0.1) is 0 Å². The van der Waals surface area contributed by atoms with E-state index in [1.165, 1.54) is 5.56 Å². The summed E-state index contributed by atoms with van der Waals surface area (Å²) >= 11 is 0. The number of benzene rings is 1. The highest BCUT2D eigenvalue weighted by atomic mass is 16.4. The Labute approximate surface area is 123 Å². The maximum absolute atomic E-state index is 11.8. The molecule has 0 heterocycles. The maximum atomic E-state index is 11.8. The molecule has 1 unspecified atom stereocenters. The van der Waals surface area contributed by atoms with E-state index in [2.05, 4.69) is 39.8 Å². The Morgan fingerprint density at radius 2 is 1.55 bits per heavy atom. The van der Waals surface area contributed by atoms with E-state index in [0.29, 0.717) is 12.8 Å². The number of carboxylic acid groups (broad SMARTS) is 1. The minimum Gasteiger partial charge on any atom is -0.481 e. The van der Waals surface area contributed by atoms with Gasteiger partial charge >= 0.3 is 5.97 Å². The number of hydrogen-bond acceptors (Lipinski definition) is 1. The molecular formula is C18H28O2. The molecule has 0 fully saturated rings. The average molecular weight is 276 g/mol. The zero-order valence-corrected chi connectivity index (χ0v) is 13.5. The van der Waals surface area contributed by atoms with Crippen LogP contribution in [0.2, 0.25) is 0 Å². The van der Waals surface area contributed by atoms with Gasteiger partial charge in [0.1, 0.15) is 0 Å². The van der Waals surface area contributed by atoms with E-state index in [1.807, 2.05) is 19.1 Å². The van der Waals surface area contributed by atoms with Crippen LogP contribution in [-0.4, -0.2) is 11.1 Å². The van der Waals surface area contributed by atoms with Crippen molar-refractivity contribution < 1.29 is 9.90 Å². The molecule has 0 spiro atoms. The van der Waals surface area contributed by atoms with Gasteiger partial charge in [0.25, 0.3) is 0 Å². The average Bonchev–Trinajstić information content (AvgIpc) is 2.39. The summed E-state index contributed by atoms with van der Waals surface area (Å²) in [5.74, 6) is -0.697. The van der Waals surface area contributed by atoms with Gasteiger partial charge in [-0.25, -0.2) is 0 Å².